The summed E-state index contributed by atoms with van der Waals surface area (Å²) in [5, 5.41) is 13.2. The van der Waals surface area contributed by atoms with Crippen LogP contribution in [-0.2, 0) is 26.3 Å². The molecule has 8 heteroatoms. The molecule has 0 bridgehead atoms. The molecule has 0 saturated carbocycles. The maximum Gasteiger partial charge on any atom is 0.337 e. The fourth-order valence-corrected chi connectivity index (χ4v) is 4.64. The van der Waals surface area contributed by atoms with E-state index in [0.717, 1.165) is 39.5 Å². The zero-order valence-electron chi connectivity index (χ0n) is 17.6. The van der Waals surface area contributed by atoms with Gasteiger partial charge >= 0.3 is 5.97 Å². The molecule has 0 radical (unpaired) electrons. The Bertz CT molecular complexity index is 1180. The summed E-state index contributed by atoms with van der Waals surface area (Å²) < 4.78 is 7.22. The third-order valence-corrected chi connectivity index (χ3v) is 6.39. The fourth-order valence-electron chi connectivity index (χ4n) is 4.64. The van der Waals surface area contributed by atoms with Crippen molar-refractivity contribution >= 4 is 5.97 Å². The number of hydrogen-bond donors (Lipinski definition) is 3. The zero-order chi connectivity index (χ0) is 21.8. The van der Waals surface area contributed by atoms with E-state index in [1.165, 1.54) is 0 Å². The molecule has 0 atom stereocenters. The molecule has 0 amide bonds. The van der Waals surface area contributed by atoms with E-state index in [-0.39, 0.29) is 0 Å². The van der Waals surface area contributed by atoms with E-state index in [1.54, 1.807) is 7.11 Å². The molecule has 1 saturated heterocycles. The summed E-state index contributed by atoms with van der Waals surface area (Å²) in [4.78, 5) is 21.7. The molecule has 2 aliphatic rings. The molecule has 1 aliphatic carbocycles. The number of carboxylic acids is 1. The Hall–Kier alpha value is -3.23. The van der Waals surface area contributed by atoms with Crippen LogP contribution in [0.1, 0.15) is 27.2 Å². The number of methoxy groups -OCH3 is 1. The van der Waals surface area contributed by atoms with Gasteiger partial charge in [-0.3, -0.25) is 0 Å². The summed E-state index contributed by atoms with van der Waals surface area (Å²) in [7, 11) is 3.55. The molecule has 1 fully saturated rings. The predicted octanol–water partition coefficient (Wildman–Crippen LogP) is 1.80. The van der Waals surface area contributed by atoms with Crippen LogP contribution in [0.3, 0.4) is 0 Å². The topological polar surface area (TPSA) is 115 Å². The lowest BCUT2D eigenvalue weighted by molar-refractivity contribution is 0.0693. The number of nitrogens with zero attached hydrogens (tertiary/aromatic N) is 3. The van der Waals surface area contributed by atoms with Crippen LogP contribution in [0.2, 0.25) is 0 Å². The summed E-state index contributed by atoms with van der Waals surface area (Å²) in [6.07, 6.45) is 3.73. The molecular formula is C23H25N5O3. The summed E-state index contributed by atoms with van der Waals surface area (Å²) in [5.74, 6) is 0.464. The SMILES string of the molecule is COc1ccc(-c2ncc3c(n2)-c2c(c(C(=O)O)c(CC4(N)CNC4)n2C)CC3)cc1. The number of fused-ring (bicyclic) bond motifs is 3. The first-order valence-corrected chi connectivity index (χ1v) is 10.3. The highest BCUT2D eigenvalue weighted by Crippen LogP contribution is 2.39. The van der Waals surface area contributed by atoms with Gasteiger partial charge in [0.05, 0.1) is 24.1 Å². The molecule has 1 aliphatic heterocycles. The molecule has 0 spiro atoms. The number of nitrogens with one attached hydrogen (secondary N) is 1. The van der Waals surface area contributed by atoms with Crippen molar-refractivity contribution in [3.63, 3.8) is 0 Å². The van der Waals surface area contributed by atoms with Crippen LogP contribution in [0.4, 0.5) is 0 Å². The van der Waals surface area contributed by atoms with Crippen LogP contribution in [0, 0.1) is 0 Å². The summed E-state index contributed by atoms with van der Waals surface area (Å²) in [6, 6.07) is 7.59. The number of rotatable bonds is 5. The summed E-state index contributed by atoms with van der Waals surface area (Å²) >= 11 is 0. The van der Waals surface area contributed by atoms with Crippen molar-refractivity contribution in [1.29, 1.82) is 0 Å². The Labute approximate surface area is 180 Å². The van der Waals surface area contributed by atoms with Crippen LogP contribution in [0.25, 0.3) is 22.8 Å². The van der Waals surface area contributed by atoms with Crippen molar-refractivity contribution in [2.75, 3.05) is 20.2 Å². The van der Waals surface area contributed by atoms with Crippen molar-refractivity contribution < 1.29 is 14.6 Å². The second-order valence-electron chi connectivity index (χ2n) is 8.45. The molecule has 1 aromatic carbocycles. The Balaban J connectivity index is 1.64. The van der Waals surface area contributed by atoms with Crippen LogP contribution in [0.15, 0.2) is 30.5 Å². The lowest BCUT2D eigenvalue weighted by atomic mass is 9.86. The molecule has 4 N–H and O–H groups in total. The minimum absolute atomic E-state index is 0.379. The van der Waals surface area contributed by atoms with Gasteiger partial charge < -0.3 is 25.5 Å². The summed E-state index contributed by atoms with van der Waals surface area (Å²) in [6.45, 7) is 1.37. The number of aryl methyl sites for hydroxylation is 1. The van der Waals surface area contributed by atoms with Crippen LogP contribution in [0.5, 0.6) is 5.75 Å². The highest BCUT2D eigenvalue weighted by atomic mass is 16.5. The minimum atomic E-state index is -0.907. The number of aromatic carboxylic acids is 1. The van der Waals surface area contributed by atoms with Crippen molar-refractivity contribution in [2.24, 2.45) is 12.8 Å². The number of carboxylic acid groups (broad SMARTS) is 1. The second-order valence-corrected chi connectivity index (χ2v) is 8.45. The van der Waals surface area contributed by atoms with Crippen LogP contribution < -0.4 is 15.8 Å². The number of hydrogen-bond acceptors (Lipinski definition) is 6. The van der Waals surface area contributed by atoms with Gasteiger partial charge in [0.1, 0.15) is 5.75 Å². The first-order valence-electron chi connectivity index (χ1n) is 10.3. The van der Waals surface area contributed by atoms with Gasteiger partial charge in [-0.1, -0.05) is 0 Å². The van der Waals surface area contributed by atoms with E-state index in [4.69, 9.17) is 15.5 Å². The third-order valence-electron chi connectivity index (χ3n) is 6.39. The number of benzene rings is 1. The van der Waals surface area contributed by atoms with E-state index in [2.05, 4.69) is 10.3 Å². The van der Waals surface area contributed by atoms with Gasteiger partial charge in [0.25, 0.3) is 0 Å². The number of carbonyl (C=O) groups is 1. The Morgan fingerprint density at radius 1 is 1.29 bits per heavy atom. The molecule has 31 heavy (non-hydrogen) atoms. The first kappa shape index (κ1) is 19.7. The van der Waals surface area contributed by atoms with Crippen LogP contribution >= 0.6 is 0 Å². The minimum Gasteiger partial charge on any atom is -0.497 e. The normalized spacial score (nSPS) is 16.2. The molecule has 160 valence electrons. The Morgan fingerprint density at radius 3 is 2.65 bits per heavy atom. The van der Waals surface area contributed by atoms with Gasteiger partial charge in [-0.2, -0.15) is 0 Å². The average molecular weight is 419 g/mol. The molecule has 2 aromatic heterocycles. The number of nitrogens with two attached hydrogens (primary N) is 1. The van der Waals surface area contributed by atoms with E-state index in [0.29, 0.717) is 43.7 Å². The van der Waals surface area contributed by atoms with Gasteiger partial charge in [0.15, 0.2) is 5.82 Å². The molecule has 3 heterocycles. The molecule has 5 rings (SSSR count). The Kier molecular flexibility index (Phi) is 4.56. The monoisotopic (exact) mass is 419 g/mol. The highest BCUT2D eigenvalue weighted by Gasteiger charge is 2.38. The zero-order valence-corrected chi connectivity index (χ0v) is 17.6. The van der Waals surface area contributed by atoms with Gasteiger partial charge in [0, 0.05) is 49.6 Å². The highest BCUT2D eigenvalue weighted by molar-refractivity contribution is 5.94. The standard InChI is InChI=1S/C23H25N5O3/c1-28-17(9-23(24)11-25-12-23)18(22(29)30)16-8-5-14-10-26-21(27-19(14)20(16)28)13-3-6-15(31-2)7-4-13/h3-4,6-7,10,25H,5,8-9,11-12,24H2,1-2H3,(H,29,30). The maximum absolute atomic E-state index is 12.2. The average Bonchev–Trinajstić information content (AvgIpc) is 3.04. The maximum atomic E-state index is 12.2. The molecule has 3 aromatic rings. The van der Waals surface area contributed by atoms with E-state index < -0.39 is 11.5 Å². The first-order chi connectivity index (χ1) is 14.9. The van der Waals surface area contributed by atoms with Gasteiger partial charge in [-0.25, -0.2) is 14.8 Å². The van der Waals surface area contributed by atoms with Gasteiger partial charge in [-0.05, 0) is 48.2 Å². The largest absolute Gasteiger partial charge is 0.497 e. The van der Waals surface area contributed by atoms with Gasteiger partial charge in [0.2, 0.25) is 0 Å². The number of aromatic nitrogens is 3. The van der Waals surface area contributed by atoms with Crippen molar-refractivity contribution in [3.8, 4) is 28.5 Å². The number of ether oxygens (including phenoxy) is 1. The fraction of sp³-hybridized carbons (Fsp3) is 0.348. The quantitative estimate of drug-likeness (QED) is 0.578. The second kappa shape index (κ2) is 7.18. The van der Waals surface area contributed by atoms with Crippen LogP contribution in [-0.4, -0.2) is 51.3 Å². The smallest absolute Gasteiger partial charge is 0.337 e. The predicted molar refractivity (Wildman–Crippen MR) is 116 cm³/mol. The van der Waals surface area contributed by atoms with E-state index >= 15 is 0 Å². The summed E-state index contributed by atoms with van der Waals surface area (Å²) in [5.41, 5.74) is 11.6. The molecular weight excluding hydrogens is 394 g/mol. The lowest BCUT2D eigenvalue weighted by Crippen LogP contribution is -2.67. The van der Waals surface area contributed by atoms with Crippen molar-refractivity contribution in [2.45, 2.75) is 24.8 Å². The van der Waals surface area contributed by atoms with Crippen molar-refractivity contribution in [3.05, 3.63) is 52.8 Å². The lowest BCUT2D eigenvalue weighted by Gasteiger charge is -2.39. The van der Waals surface area contributed by atoms with E-state index in [1.807, 2.05) is 42.1 Å². The molecule has 8 nitrogen and oxygen atoms in total. The van der Waals surface area contributed by atoms with Crippen molar-refractivity contribution in [1.82, 2.24) is 19.9 Å². The Morgan fingerprint density at radius 2 is 2.03 bits per heavy atom. The van der Waals surface area contributed by atoms with Gasteiger partial charge in [-0.15, -0.1) is 0 Å². The third kappa shape index (κ3) is 3.19. The molecule has 0 unspecified atom stereocenters. The van der Waals surface area contributed by atoms with E-state index in [9.17, 15) is 9.90 Å².